The van der Waals surface area contributed by atoms with Crippen molar-refractivity contribution < 1.29 is 78.7 Å². The van der Waals surface area contributed by atoms with Gasteiger partial charge in [0.05, 0.1) is 11.7 Å². The Kier molecular flexibility index (Phi) is 10.9. The first-order valence-electron chi connectivity index (χ1n) is 13.6. The first-order valence-corrected chi connectivity index (χ1v) is 16.5. The van der Waals surface area contributed by atoms with Gasteiger partial charge < -0.3 is 50.6 Å². The number of β-lactam (4-membered cyclic amide) rings is 1. The molecule has 2 aliphatic rings. The monoisotopic (exact) mass is 735 g/mol. The van der Waals surface area contributed by atoms with Crippen LogP contribution in [0.25, 0.3) is 11.5 Å². The molecule has 4 heterocycles. The molecule has 1 saturated heterocycles. The van der Waals surface area contributed by atoms with Crippen molar-refractivity contribution in [1.82, 2.24) is 25.4 Å². The summed E-state index contributed by atoms with van der Waals surface area (Å²) in [6, 6.07) is 6.86. The second-order valence-electron chi connectivity index (χ2n) is 10.1. The van der Waals surface area contributed by atoms with Crippen LogP contribution in [0.2, 0.25) is 0 Å². The summed E-state index contributed by atoms with van der Waals surface area (Å²) in [5.74, 6) is -4.18. The summed E-state index contributed by atoms with van der Waals surface area (Å²) < 4.78 is 5.59. The third kappa shape index (κ3) is 7.58. The molecule has 0 unspecified atom stereocenters. The number of carbonyl (C=O) groups is 3. The van der Waals surface area contributed by atoms with Gasteiger partial charge in [0, 0.05) is 22.4 Å². The minimum atomic E-state index is -1.58. The number of thioether (sulfide) groups is 2. The number of oxime groups is 1. The Labute approximate surface area is 310 Å². The number of rotatable bonds is 11. The van der Waals surface area contributed by atoms with E-state index in [9.17, 15) is 39.9 Å². The summed E-state index contributed by atoms with van der Waals surface area (Å²) in [7, 11) is 0. The van der Waals surface area contributed by atoms with Gasteiger partial charge in [-0.2, -0.15) is 0 Å². The number of carboxylic acid groups (broad SMARTS) is 1. The minimum Gasteiger partial charge on any atom is -0.543 e. The number of nitrogen functional groups attached to an aromatic ring is 1. The van der Waals surface area contributed by atoms with Gasteiger partial charge in [-0.15, -0.1) is 33.3 Å². The number of hydrogen-bond acceptors (Lipinski definition) is 18. The number of phenols is 4. The van der Waals surface area contributed by atoms with Gasteiger partial charge in [-0.25, -0.2) is 4.98 Å². The topological polar surface area (TPSA) is 270 Å². The van der Waals surface area contributed by atoms with Crippen molar-refractivity contribution >= 4 is 63.5 Å². The van der Waals surface area contributed by atoms with Crippen molar-refractivity contribution in [2.75, 3.05) is 17.2 Å². The molecular formula is C28H22N7NaO10S3. The molecule has 4 aromatic rings. The van der Waals surface area contributed by atoms with Crippen LogP contribution in [-0.4, -0.2) is 86.9 Å². The zero-order valence-corrected chi connectivity index (χ0v) is 29.5. The van der Waals surface area contributed by atoms with Crippen LogP contribution >= 0.6 is 34.9 Å². The Balaban J connectivity index is 0.00000468. The van der Waals surface area contributed by atoms with E-state index in [1.54, 1.807) is 0 Å². The van der Waals surface area contributed by atoms with Crippen molar-refractivity contribution in [1.29, 1.82) is 0 Å². The van der Waals surface area contributed by atoms with Crippen molar-refractivity contribution in [3.05, 3.63) is 64.3 Å². The number of carbonyl (C=O) groups excluding carboxylic acids is 3. The van der Waals surface area contributed by atoms with Crippen molar-refractivity contribution in [3.8, 4) is 34.5 Å². The molecule has 0 bridgehead atoms. The van der Waals surface area contributed by atoms with E-state index in [1.165, 1.54) is 53.5 Å². The van der Waals surface area contributed by atoms with E-state index in [0.717, 1.165) is 28.0 Å². The van der Waals surface area contributed by atoms with Gasteiger partial charge in [-0.05, 0) is 41.5 Å². The van der Waals surface area contributed by atoms with E-state index in [4.69, 9.17) is 15.0 Å². The SMILES string of the molecule is Nc1nc(C(=NOCc2ccc(O)c(O)c2)C(=O)N[C@@H]2C(=O)N3C(C(=O)[O-])=C(CSc4nnc(-c5ccc(O)c(O)c5)o4)CS[C@H]23)cs1.[Na+]. The normalized spacial score (nSPS) is 17.2. The number of nitrogens with zero attached hydrogens (tertiary/aromatic N) is 5. The van der Waals surface area contributed by atoms with E-state index in [1.807, 2.05) is 0 Å². The van der Waals surface area contributed by atoms with Crippen LogP contribution in [0.3, 0.4) is 0 Å². The Morgan fingerprint density at radius 3 is 2.53 bits per heavy atom. The number of amides is 2. The maximum atomic E-state index is 13.4. The van der Waals surface area contributed by atoms with Gasteiger partial charge in [0.1, 0.15) is 23.7 Å². The zero-order chi connectivity index (χ0) is 34.1. The van der Waals surface area contributed by atoms with Crippen molar-refractivity contribution in [2.45, 2.75) is 23.2 Å². The summed E-state index contributed by atoms with van der Waals surface area (Å²) in [5, 5.41) is 65.9. The molecule has 2 aromatic carbocycles. The molecule has 0 radical (unpaired) electrons. The van der Waals surface area contributed by atoms with Crippen LogP contribution < -0.4 is 45.7 Å². The molecule has 248 valence electrons. The Hall–Kier alpha value is -4.47. The van der Waals surface area contributed by atoms with Crippen LogP contribution in [0.15, 0.2) is 67.8 Å². The summed E-state index contributed by atoms with van der Waals surface area (Å²) in [6.07, 6.45) is 0. The molecule has 2 aromatic heterocycles. The molecule has 6 rings (SSSR count). The largest absolute Gasteiger partial charge is 1.00 e. The minimum absolute atomic E-state index is 0. The first kappa shape index (κ1) is 35.8. The van der Waals surface area contributed by atoms with Crippen LogP contribution in [0, 0.1) is 0 Å². The first-order chi connectivity index (χ1) is 23.0. The fourth-order valence-electron chi connectivity index (χ4n) is 4.61. The number of aromatic hydroxyl groups is 4. The fraction of sp³-hybridized carbons (Fsp3) is 0.179. The molecule has 2 aliphatic heterocycles. The predicted octanol–water partition coefficient (Wildman–Crippen LogP) is -2.28. The van der Waals surface area contributed by atoms with Crippen LogP contribution in [0.5, 0.6) is 23.0 Å². The van der Waals surface area contributed by atoms with E-state index < -0.39 is 29.2 Å². The van der Waals surface area contributed by atoms with Gasteiger partial charge in [0.15, 0.2) is 33.8 Å². The molecule has 2 atom stereocenters. The number of benzene rings is 2. The number of thiazole rings is 1. The number of aromatic nitrogens is 3. The molecular weight excluding hydrogens is 714 g/mol. The third-order valence-corrected chi connectivity index (χ3v) is 9.85. The van der Waals surface area contributed by atoms with Crippen molar-refractivity contribution in [3.63, 3.8) is 0 Å². The third-order valence-electron chi connectivity index (χ3n) is 6.93. The number of carboxylic acids is 1. The second-order valence-corrected chi connectivity index (χ2v) is 13.0. The fourth-order valence-corrected chi connectivity index (χ4v) is 7.41. The predicted molar refractivity (Wildman–Crippen MR) is 168 cm³/mol. The molecule has 0 saturated carbocycles. The second kappa shape index (κ2) is 15.0. The maximum absolute atomic E-state index is 13.4. The number of anilines is 1. The van der Waals surface area contributed by atoms with Gasteiger partial charge in [0.2, 0.25) is 5.89 Å². The molecule has 2 amide bonds. The Morgan fingerprint density at radius 1 is 1.12 bits per heavy atom. The van der Waals surface area contributed by atoms with Crippen molar-refractivity contribution in [2.24, 2.45) is 5.16 Å². The molecule has 0 spiro atoms. The number of hydrogen-bond donors (Lipinski definition) is 6. The smallest absolute Gasteiger partial charge is 0.543 e. The summed E-state index contributed by atoms with van der Waals surface area (Å²) >= 11 is 3.30. The average molecular weight is 736 g/mol. The van der Waals surface area contributed by atoms with E-state index in [-0.39, 0.29) is 104 Å². The number of nitrogens with two attached hydrogens (primary N) is 1. The quantitative estimate of drug-likeness (QED) is 0.0236. The number of phenolic OH excluding ortho intramolecular Hbond substituents is 4. The number of fused-ring (bicyclic) bond motifs is 1. The average Bonchev–Trinajstić information content (AvgIpc) is 3.72. The molecule has 7 N–H and O–H groups in total. The summed E-state index contributed by atoms with van der Waals surface area (Å²) in [4.78, 5) is 49.2. The molecule has 21 heteroatoms. The molecule has 17 nitrogen and oxygen atoms in total. The zero-order valence-electron chi connectivity index (χ0n) is 25.1. The van der Waals surface area contributed by atoms with Gasteiger partial charge in [-0.1, -0.05) is 23.0 Å². The van der Waals surface area contributed by atoms with Gasteiger partial charge in [0.25, 0.3) is 17.0 Å². The molecule has 1 fully saturated rings. The van der Waals surface area contributed by atoms with Gasteiger partial charge in [-0.3, -0.25) is 14.5 Å². The van der Waals surface area contributed by atoms with Crippen LogP contribution in [-0.2, 0) is 25.8 Å². The molecule has 49 heavy (non-hydrogen) atoms. The maximum Gasteiger partial charge on any atom is 1.00 e. The van der Waals surface area contributed by atoms with E-state index in [0.29, 0.717) is 16.7 Å². The van der Waals surface area contributed by atoms with Crippen LogP contribution in [0.4, 0.5) is 5.13 Å². The standard InChI is InChI=1S/C28H23N7O10S3.Na/c29-27-30-14(10-47-27)19(34-44-7-11-1-3-15(36)17(38)5-11)22(40)31-20-24(41)35-21(26(42)43)13(8-46-25(20)35)9-48-28-33-32-23(45-28)12-2-4-16(37)18(39)6-12;/h1-6,10,20,25,36-39H,7-9H2,(H2,29,30)(H,31,40)(H,42,43);/q;+1/p-1/t20-,25-;/m1./s1. The van der Waals surface area contributed by atoms with Crippen LogP contribution in [0.1, 0.15) is 11.3 Å². The van der Waals surface area contributed by atoms with Gasteiger partial charge >= 0.3 is 29.6 Å². The van der Waals surface area contributed by atoms with E-state index >= 15 is 0 Å². The Morgan fingerprint density at radius 2 is 1.86 bits per heavy atom. The number of nitrogens with one attached hydrogen (secondary N) is 1. The summed E-state index contributed by atoms with van der Waals surface area (Å²) in [6.45, 7) is -0.190. The van der Waals surface area contributed by atoms with E-state index in [2.05, 4.69) is 25.7 Å². The summed E-state index contributed by atoms with van der Waals surface area (Å²) in [5.41, 5.74) is 6.33. The number of aliphatic carboxylic acids is 1. The Bertz CT molecular complexity index is 2000. The molecule has 0 aliphatic carbocycles.